The molecule has 90 valence electrons. The summed E-state index contributed by atoms with van der Waals surface area (Å²) in [5.74, 6) is 0.445. The highest BCUT2D eigenvalue weighted by Crippen LogP contribution is 2.17. The summed E-state index contributed by atoms with van der Waals surface area (Å²) >= 11 is 5.80. The number of halogens is 1. The van der Waals surface area contributed by atoms with Crippen molar-refractivity contribution in [3.63, 3.8) is 0 Å². The van der Waals surface area contributed by atoms with Crippen LogP contribution in [0.1, 0.15) is 19.5 Å². The van der Waals surface area contributed by atoms with Crippen LogP contribution in [-0.4, -0.2) is 29.4 Å². The highest BCUT2D eigenvalue weighted by atomic mass is 35.5. The molecule has 0 aliphatic rings. The van der Waals surface area contributed by atoms with Gasteiger partial charge in [0.25, 0.3) is 0 Å². The number of aromatic nitrogens is 1. The van der Waals surface area contributed by atoms with E-state index in [-0.39, 0.29) is 12.7 Å². The van der Waals surface area contributed by atoms with Gasteiger partial charge in [0.2, 0.25) is 5.88 Å². The summed E-state index contributed by atoms with van der Waals surface area (Å²) in [5.41, 5.74) is 0.420. The van der Waals surface area contributed by atoms with Crippen molar-refractivity contribution in [1.82, 2.24) is 4.98 Å². The molecule has 0 saturated carbocycles. The number of pyridine rings is 1. The molecule has 0 spiro atoms. The molecular weight excluding hydrogens is 230 g/mol. The Hall–Kier alpha value is -0.840. The number of rotatable bonds is 6. The first-order valence-corrected chi connectivity index (χ1v) is 5.52. The Morgan fingerprint density at radius 3 is 2.75 bits per heavy atom. The van der Waals surface area contributed by atoms with Gasteiger partial charge in [0.05, 0.1) is 30.0 Å². The summed E-state index contributed by atoms with van der Waals surface area (Å²) < 4.78 is 10.7. The largest absolute Gasteiger partial charge is 0.475 e. The topological polar surface area (TPSA) is 51.6 Å². The zero-order valence-electron chi connectivity index (χ0n) is 9.44. The van der Waals surface area contributed by atoms with Crippen molar-refractivity contribution in [2.75, 3.05) is 13.2 Å². The fourth-order valence-corrected chi connectivity index (χ4v) is 1.25. The predicted molar refractivity (Wildman–Crippen MR) is 61.8 cm³/mol. The van der Waals surface area contributed by atoms with Crippen LogP contribution in [-0.2, 0) is 11.3 Å². The van der Waals surface area contributed by atoms with Gasteiger partial charge in [0, 0.05) is 6.07 Å². The van der Waals surface area contributed by atoms with E-state index >= 15 is 0 Å². The predicted octanol–water partition coefficient (Wildman–Crippen LogP) is 2.03. The molecule has 0 bridgehead atoms. The van der Waals surface area contributed by atoms with Gasteiger partial charge in [0.15, 0.2) is 0 Å². The van der Waals surface area contributed by atoms with Crippen LogP contribution in [0.2, 0.25) is 5.02 Å². The van der Waals surface area contributed by atoms with Gasteiger partial charge >= 0.3 is 0 Å². The molecule has 1 N–H and O–H groups in total. The molecule has 0 aliphatic heterocycles. The number of hydrogen-bond donors (Lipinski definition) is 1. The van der Waals surface area contributed by atoms with E-state index in [1.165, 1.54) is 0 Å². The van der Waals surface area contributed by atoms with E-state index < -0.39 is 0 Å². The molecule has 0 atom stereocenters. The minimum absolute atomic E-state index is 0.190. The summed E-state index contributed by atoms with van der Waals surface area (Å²) in [7, 11) is 0. The first-order chi connectivity index (χ1) is 7.63. The third-order valence-corrected chi connectivity index (χ3v) is 2.17. The smallest absolute Gasteiger partial charge is 0.213 e. The van der Waals surface area contributed by atoms with E-state index in [4.69, 9.17) is 26.2 Å². The second-order valence-electron chi connectivity index (χ2n) is 3.50. The molecule has 4 nitrogen and oxygen atoms in total. The molecule has 1 aromatic heterocycles. The lowest BCUT2D eigenvalue weighted by Crippen LogP contribution is -2.12. The molecule has 0 aromatic carbocycles. The fraction of sp³-hybridized carbons (Fsp3) is 0.545. The maximum Gasteiger partial charge on any atom is 0.213 e. The van der Waals surface area contributed by atoms with Gasteiger partial charge in [-0.2, -0.15) is 0 Å². The third-order valence-electron chi connectivity index (χ3n) is 1.83. The van der Waals surface area contributed by atoms with Crippen molar-refractivity contribution in [2.45, 2.75) is 26.6 Å². The Morgan fingerprint density at radius 2 is 2.12 bits per heavy atom. The molecular formula is C11H16ClNO3. The van der Waals surface area contributed by atoms with Crippen molar-refractivity contribution in [3.8, 4) is 5.88 Å². The van der Waals surface area contributed by atoms with Crippen molar-refractivity contribution < 1.29 is 14.6 Å². The molecule has 0 aliphatic carbocycles. The fourth-order valence-electron chi connectivity index (χ4n) is 1.09. The number of ether oxygens (including phenoxy) is 2. The lowest BCUT2D eigenvalue weighted by Gasteiger charge is -2.09. The van der Waals surface area contributed by atoms with Crippen molar-refractivity contribution in [3.05, 3.63) is 22.8 Å². The molecule has 0 fully saturated rings. The number of aliphatic hydroxyl groups is 1. The zero-order chi connectivity index (χ0) is 12.0. The summed E-state index contributed by atoms with van der Waals surface area (Å²) in [5, 5.41) is 9.40. The first-order valence-electron chi connectivity index (χ1n) is 5.14. The van der Waals surface area contributed by atoms with Crippen LogP contribution < -0.4 is 4.74 Å². The molecule has 1 aromatic rings. The molecule has 1 rings (SSSR count). The van der Waals surface area contributed by atoms with Gasteiger partial charge < -0.3 is 14.6 Å². The average Bonchev–Trinajstić information content (AvgIpc) is 2.26. The Balaban J connectivity index is 2.42. The quantitative estimate of drug-likeness (QED) is 0.780. The molecule has 0 unspecified atom stereocenters. The van der Waals surface area contributed by atoms with E-state index in [0.29, 0.717) is 29.8 Å². The van der Waals surface area contributed by atoms with E-state index in [1.807, 2.05) is 13.8 Å². The van der Waals surface area contributed by atoms with E-state index in [0.717, 1.165) is 0 Å². The van der Waals surface area contributed by atoms with Gasteiger partial charge in [0.1, 0.15) is 6.61 Å². The summed E-state index contributed by atoms with van der Waals surface area (Å²) in [6.45, 7) is 4.67. The highest BCUT2D eigenvalue weighted by molar-refractivity contribution is 6.31. The van der Waals surface area contributed by atoms with Crippen molar-refractivity contribution in [1.29, 1.82) is 0 Å². The van der Waals surface area contributed by atoms with E-state index in [1.54, 1.807) is 12.1 Å². The number of aliphatic hydroxyl groups excluding tert-OH is 1. The minimum Gasteiger partial charge on any atom is -0.475 e. The van der Waals surface area contributed by atoms with Crippen LogP contribution in [0.3, 0.4) is 0 Å². The number of nitrogens with zero attached hydrogens (tertiary/aromatic N) is 1. The lowest BCUT2D eigenvalue weighted by molar-refractivity contribution is 0.0541. The Labute approximate surface area is 100 Å². The monoisotopic (exact) mass is 245 g/mol. The van der Waals surface area contributed by atoms with Gasteiger partial charge in [-0.3, -0.25) is 0 Å². The SMILES string of the molecule is CC(C)OCCOc1ccc(Cl)c(CO)n1. The second kappa shape index (κ2) is 6.68. The van der Waals surface area contributed by atoms with E-state index in [2.05, 4.69) is 4.98 Å². The van der Waals surface area contributed by atoms with E-state index in [9.17, 15) is 0 Å². The first kappa shape index (κ1) is 13.2. The maximum atomic E-state index is 8.96. The third kappa shape index (κ3) is 4.35. The Morgan fingerprint density at radius 1 is 1.38 bits per heavy atom. The molecule has 0 saturated heterocycles. The van der Waals surface area contributed by atoms with Crippen molar-refractivity contribution >= 4 is 11.6 Å². The van der Waals surface area contributed by atoms with Gasteiger partial charge in [-0.1, -0.05) is 11.6 Å². The van der Waals surface area contributed by atoms with Crippen LogP contribution in [0.15, 0.2) is 12.1 Å². The molecule has 1 heterocycles. The Bertz CT molecular complexity index is 331. The molecule has 16 heavy (non-hydrogen) atoms. The van der Waals surface area contributed by atoms with Gasteiger partial charge in [-0.15, -0.1) is 0 Å². The normalized spacial score (nSPS) is 10.8. The van der Waals surface area contributed by atoms with Gasteiger partial charge in [-0.25, -0.2) is 4.98 Å². The maximum absolute atomic E-state index is 8.96. The zero-order valence-corrected chi connectivity index (χ0v) is 10.2. The summed E-state index contributed by atoms with van der Waals surface area (Å²) in [6.07, 6.45) is 0.190. The molecule has 5 heteroatoms. The van der Waals surface area contributed by atoms with Crippen LogP contribution in [0, 0.1) is 0 Å². The highest BCUT2D eigenvalue weighted by Gasteiger charge is 2.03. The number of hydrogen-bond acceptors (Lipinski definition) is 4. The molecule has 0 radical (unpaired) electrons. The van der Waals surface area contributed by atoms with Crippen molar-refractivity contribution in [2.24, 2.45) is 0 Å². The van der Waals surface area contributed by atoms with Crippen LogP contribution in [0.5, 0.6) is 5.88 Å². The van der Waals surface area contributed by atoms with Crippen LogP contribution >= 0.6 is 11.6 Å². The van der Waals surface area contributed by atoms with Crippen LogP contribution in [0.4, 0.5) is 0 Å². The second-order valence-corrected chi connectivity index (χ2v) is 3.91. The minimum atomic E-state index is -0.196. The molecule has 0 amide bonds. The standard InChI is InChI=1S/C11H16ClNO3/c1-8(2)15-5-6-16-11-4-3-9(12)10(7-14)13-11/h3-4,8,14H,5-7H2,1-2H3. The summed E-state index contributed by atoms with van der Waals surface area (Å²) in [4.78, 5) is 4.05. The lowest BCUT2D eigenvalue weighted by atomic mass is 10.3. The van der Waals surface area contributed by atoms with Gasteiger partial charge in [-0.05, 0) is 19.9 Å². The van der Waals surface area contributed by atoms with Crippen LogP contribution in [0.25, 0.3) is 0 Å². The average molecular weight is 246 g/mol. The Kier molecular flexibility index (Phi) is 5.52. The summed E-state index contributed by atoms with van der Waals surface area (Å²) in [6, 6.07) is 3.32.